The monoisotopic (exact) mass is 276 g/mol. The molecule has 0 unspecified atom stereocenters. The Morgan fingerprint density at radius 2 is 1.89 bits per heavy atom. The van der Waals surface area contributed by atoms with E-state index in [1.54, 1.807) is 0 Å². The normalized spacial score (nSPS) is 10.6. The first-order valence-electron chi connectivity index (χ1n) is 6.19. The molecule has 2 aromatic rings. The number of nitrogens with zero attached hydrogens (tertiary/aromatic N) is 1. The second-order valence-electron chi connectivity index (χ2n) is 4.27. The molecule has 1 aromatic carbocycles. The number of benzene rings is 1. The zero-order valence-electron chi connectivity index (χ0n) is 10.9. The highest BCUT2D eigenvalue weighted by Crippen LogP contribution is 2.12. The summed E-state index contributed by atoms with van der Waals surface area (Å²) in [5.41, 5.74) is 3.03. The lowest BCUT2D eigenvalue weighted by molar-refractivity contribution is 0.104. The molecule has 0 fully saturated rings. The molecule has 0 aliphatic heterocycles. The van der Waals surface area contributed by atoms with Crippen LogP contribution >= 0.6 is 11.6 Å². The fourth-order valence-electron chi connectivity index (χ4n) is 1.79. The number of hydrogen-bond donors (Lipinski definition) is 1. The maximum Gasteiger partial charge on any atom is 0.0892 e. The van der Waals surface area contributed by atoms with E-state index in [4.69, 9.17) is 16.3 Å². The van der Waals surface area contributed by atoms with Crippen molar-refractivity contribution in [2.75, 3.05) is 7.05 Å². The number of halogens is 1. The third kappa shape index (κ3) is 4.63. The van der Waals surface area contributed by atoms with Crippen LogP contribution in [0.3, 0.4) is 0 Å². The summed E-state index contributed by atoms with van der Waals surface area (Å²) < 4.78 is 5.65. The van der Waals surface area contributed by atoms with Gasteiger partial charge in [-0.05, 0) is 36.9 Å². The fourth-order valence-corrected chi connectivity index (χ4v) is 2.00. The first-order valence-corrected chi connectivity index (χ1v) is 6.57. The van der Waals surface area contributed by atoms with Crippen LogP contribution in [0.2, 0.25) is 5.02 Å². The van der Waals surface area contributed by atoms with Crippen LogP contribution in [0.4, 0.5) is 0 Å². The molecule has 1 heterocycles. The van der Waals surface area contributed by atoms with Crippen LogP contribution in [-0.4, -0.2) is 12.0 Å². The summed E-state index contributed by atoms with van der Waals surface area (Å²) in [6.45, 7) is 1.81. The summed E-state index contributed by atoms with van der Waals surface area (Å²) >= 11 is 5.92. The minimum absolute atomic E-state index is 0.504. The second-order valence-corrected chi connectivity index (χ2v) is 4.71. The van der Waals surface area contributed by atoms with Gasteiger partial charge in [0.05, 0.1) is 24.6 Å². The Kier molecular flexibility index (Phi) is 5.33. The summed E-state index contributed by atoms with van der Waals surface area (Å²) in [4.78, 5) is 4.50. The molecular formula is C15H17ClN2O. The minimum Gasteiger partial charge on any atom is -0.370 e. The molecule has 1 aromatic heterocycles. The highest BCUT2D eigenvalue weighted by molar-refractivity contribution is 6.30. The molecule has 0 aliphatic carbocycles. The lowest BCUT2D eigenvalue weighted by Gasteiger charge is -2.06. The molecule has 0 amide bonds. The fraction of sp³-hybridized carbons (Fsp3) is 0.267. The molecule has 100 valence electrons. The third-order valence-corrected chi connectivity index (χ3v) is 2.87. The van der Waals surface area contributed by atoms with Gasteiger partial charge in [-0.1, -0.05) is 29.8 Å². The molecule has 0 spiro atoms. The summed E-state index contributed by atoms with van der Waals surface area (Å²) in [5.74, 6) is 0. The smallest absolute Gasteiger partial charge is 0.0892 e. The van der Waals surface area contributed by atoms with Crippen molar-refractivity contribution in [3.8, 4) is 0 Å². The number of ether oxygens (including phenoxy) is 1. The third-order valence-electron chi connectivity index (χ3n) is 2.63. The Balaban J connectivity index is 1.87. The van der Waals surface area contributed by atoms with Crippen LogP contribution in [0.25, 0.3) is 0 Å². The Morgan fingerprint density at radius 1 is 1.11 bits per heavy atom. The molecule has 0 saturated heterocycles. The standard InChI is InChI=1S/C15H17ClN2O/c1-17-9-14-6-3-7-15(18-14)11-19-10-12-4-2-5-13(16)8-12/h2-8,17H,9-11H2,1H3. The predicted molar refractivity (Wildman–Crippen MR) is 76.9 cm³/mol. The predicted octanol–water partition coefficient (Wildman–Crippen LogP) is 3.17. The van der Waals surface area contributed by atoms with Gasteiger partial charge < -0.3 is 10.1 Å². The van der Waals surface area contributed by atoms with Crippen LogP contribution in [0.5, 0.6) is 0 Å². The van der Waals surface area contributed by atoms with Crippen LogP contribution in [-0.2, 0) is 24.5 Å². The van der Waals surface area contributed by atoms with Crippen LogP contribution < -0.4 is 5.32 Å². The van der Waals surface area contributed by atoms with E-state index >= 15 is 0 Å². The minimum atomic E-state index is 0.504. The Labute approximate surface area is 118 Å². The molecule has 2 rings (SSSR count). The van der Waals surface area contributed by atoms with Gasteiger partial charge in [-0.2, -0.15) is 0 Å². The highest BCUT2D eigenvalue weighted by atomic mass is 35.5. The van der Waals surface area contributed by atoms with Crippen molar-refractivity contribution in [3.05, 3.63) is 64.4 Å². The zero-order chi connectivity index (χ0) is 13.5. The van der Waals surface area contributed by atoms with Crippen molar-refractivity contribution in [2.24, 2.45) is 0 Å². The number of rotatable bonds is 6. The lowest BCUT2D eigenvalue weighted by atomic mass is 10.2. The van der Waals surface area contributed by atoms with E-state index in [1.165, 1.54) is 0 Å². The van der Waals surface area contributed by atoms with E-state index in [9.17, 15) is 0 Å². The van der Waals surface area contributed by atoms with Crippen molar-refractivity contribution >= 4 is 11.6 Å². The topological polar surface area (TPSA) is 34.1 Å². The summed E-state index contributed by atoms with van der Waals surface area (Å²) in [5, 5.41) is 3.81. The maximum absolute atomic E-state index is 5.92. The Bertz CT molecular complexity index is 531. The number of hydrogen-bond acceptors (Lipinski definition) is 3. The molecule has 1 N–H and O–H groups in total. The van der Waals surface area contributed by atoms with Gasteiger partial charge in [-0.3, -0.25) is 4.98 Å². The van der Waals surface area contributed by atoms with Crippen LogP contribution in [0, 0.1) is 0 Å². The molecule has 0 aliphatic rings. The van der Waals surface area contributed by atoms with Crippen molar-refractivity contribution in [2.45, 2.75) is 19.8 Å². The first-order chi connectivity index (χ1) is 9.28. The van der Waals surface area contributed by atoms with Crippen molar-refractivity contribution in [1.82, 2.24) is 10.3 Å². The quantitative estimate of drug-likeness (QED) is 0.880. The average Bonchev–Trinajstić information content (AvgIpc) is 2.40. The van der Waals surface area contributed by atoms with E-state index in [2.05, 4.69) is 10.3 Å². The molecule has 0 radical (unpaired) electrons. The van der Waals surface area contributed by atoms with Crippen LogP contribution in [0.1, 0.15) is 17.0 Å². The van der Waals surface area contributed by atoms with Crippen LogP contribution in [0.15, 0.2) is 42.5 Å². The molecule has 3 nitrogen and oxygen atoms in total. The number of pyridine rings is 1. The van der Waals surface area contributed by atoms with E-state index in [-0.39, 0.29) is 0 Å². The average molecular weight is 277 g/mol. The van der Waals surface area contributed by atoms with Gasteiger partial charge in [-0.25, -0.2) is 0 Å². The number of aromatic nitrogens is 1. The van der Waals surface area contributed by atoms with E-state index in [1.807, 2.05) is 49.5 Å². The van der Waals surface area contributed by atoms with Gasteiger partial charge in [0.15, 0.2) is 0 Å². The van der Waals surface area contributed by atoms with E-state index < -0.39 is 0 Å². The molecule has 0 bridgehead atoms. The summed E-state index contributed by atoms with van der Waals surface area (Å²) in [6, 6.07) is 13.6. The van der Waals surface area contributed by atoms with Gasteiger partial charge in [0.2, 0.25) is 0 Å². The second kappa shape index (κ2) is 7.24. The van der Waals surface area contributed by atoms with Crippen molar-refractivity contribution in [1.29, 1.82) is 0 Å². The van der Waals surface area contributed by atoms with E-state index in [0.717, 1.165) is 28.5 Å². The molecule has 0 atom stereocenters. The van der Waals surface area contributed by atoms with E-state index in [0.29, 0.717) is 13.2 Å². The zero-order valence-corrected chi connectivity index (χ0v) is 11.7. The SMILES string of the molecule is CNCc1cccc(COCc2cccc(Cl)c2)n1. The Morgan fingerprint density at radius 3 is 2.68 bits per heavy atom. The van der Waals surface area contributed by atoms with Gasteiger partial charge >= 0.3 is 0 Å². The first kappa shape index (κ1) is 14.0. The van der Waals surface area contributed by atoms with Crippen molar-refractivity contribution < 1.29 is 4.74 Å². The summed E-state index contributed by atoms with van der Waals surface area (Å²) in [6.07, 6.45) is 0. The van der Waals surface area contributed by atoms with Gasteiger partial charge in [0, 0.05) is 11.6 Å². The largest absolute Gasteiger partial charge is 0.370 e. The maximum atomic E-state index is 5.92. The summed E-state index contributed by atoms with van der Waals surface area (Å²) in [7, 11) is 1.91. The lowest BCUT2D eigenvalue weighted by Crippen LogP contribution is -2.08. The van der Waals surface area contributed by atoms with Gasteiger partial charge in [-0.15, -0.1) is 0 Å². The number of nitrogens with one attached hydrogen (secondary N) is 1. The van der Waals surface area contributed by atoms with Gasteiger partial charge in [0.25, 0.3) is 0 Å². The molecule has 4 heteroatoms. The molecule has 19 heavy (non-hydrogen) atoms. The highest BCUT2D eigenvalue weighted by Gasteiger charge is 1.99. The Hall–Kier alpha value is -1.42. The molecular weight excluding hydrogens is 260 g/mol. The van der Waals surface area contributed by atoms with Gasteiger partial charge in [0.1, 0.15) is 0 Å². The van der Waals surface area contributed by atoms with Crippen molar-refractivity contribution in [3.63, 3.8) is 0 Å². The molecule has 0 saturated carbocycles.